The molecule has 21 heavy (non-hydrogen) atoms. The zero-order valence-electron chi connectivity index (χ0n) is 12.7. The number of rotatable bonds is 6. The number of amides is 1. The molecule has 2 nitrogen and oxygen atoms in total. The summed E-state index contributed by atoms with van der Waals surface area (Å²) in [6.07, 6.45) is -1.09. The van der Waals surface area contributed by atoms with Gasteiger partial charge in [-0.05, 0) is 25.7 Å². The Morgan fingerprint density at radius 1 is 1.19 bits per heavy atom. The Hall–Kier alpha value is -0.450. The zero-order chi connectivity index (χ0) is 16.1. The molecule has 0 aromatic rings. The van der Waals surface area contributed by atoms with Crippen LogP contribution in [0.2, 0.25) is 0 Å². The van der Waals surface area contributed by atoms with Crippen LogP contribution in [0.5, 0.6) is 0 Å². The Morgan fingerprint density at radius 3 is 2.24 bits per heavy atom. The lowest BCUT2D eigenvalue weighted by Gasteiger charge is -2.34. The number of alkyl halides is 4. The van der Waals surface area contributed by atoms with Gasteiger partial charge in [-0.1, -0.05) is 26.7 Å². The summed E-state index contributed by atoms with van der Waals surface area (Å²) in [5.41, 5.74) is -0.223. The van der Waals surface area contributed by atoms with Gasteiger partial charge in [0.25, 0.3) is 0 Å². The van der Waals surface area contributed by atoms with Crippen LogP contribution in [-0.2, 0) is 4.79 Å². The molecule has 1 N–H and O–H groups in total. The Bertz CT molecular complexity index is 334. The van der Waals surface area contributed by atoms with Crippen molar-refractivity contribution in [1.82, 2.24) is 5.32 Å². The van der Waals surface area contributed by atoms with E-state index >= 15 is 0 Å². The molecular weight excluding hydrogens is 303 g/mol. The number of carbonyl (C=O) groups is 1. The van der Waals surface area contributed by atoms with Gasteiger partial charge in [-0.2, -0.15) is 13.2 Å². The first-order valence-electron chi connectivity index (χ1n) is 7.70. The van der Waals surface area contributed by atoms with Crippen LogP contribution in [0.15, 0.2) is 0 Å². The van der Waals surface area contributed by atoms with E-state index in [9.17, 15) is 18.0 Å². The third-order valence-corrected chi connectivity index (χ3v) is 5.51. The molecule has 0 radical (unpaired) electrons. The molecule has 2 unspecified atom stereocenters. The second-order valence-corrected chi connectivity index (χ2v) is 6.36. The van der Waals surface area contributed by atoms with Gasteiger partial charge in [-0.25, -0.2) is 0 Å². The normalized spacial score (nSPS) is 23.9. The number of carbonyl (C=O) groups excluding carboxylic acids is 1. The molecule has 0 saturated heterocycles. The molecule has 124 valence electrons. The summed E-state index contributed by atoms with van der Waals surface area (Å²) >= 11 is 5.96. The van der Waals surface area contributed by atoms with Crippen molar-refractivity contribution >= 4 is 17.5 Å². The number of halogens is 4. The maximum absolute atomic E-state index is 13.0. The second kappa shape index (κ2) is 7.70. The van der Waals surface area contributed by atoms with Gasteiger partial charge in [0.2, 0.25) is 5.91 Å². The fraction of sp³-hybridized carbons (Fsp3) is 0.933. The zero-order valence-corrected chi connectivity index (χ0v) is 13.5. The smallest absolute Gasteiger partial charge is 0.355 e. The van der Waals surface area contributed by atoms with Crippen LogP contribution in [0.1, 0.15) is 52.4 Å². The molecule has 6 heteroatoms. The molecule has 0 bridgehead atoms. The largest absolute Gasteiger partial charge is 0.392 e. The summed E-state index contributed by atoms with van der Waals surface area (Å²) in [4.78, 5) is 12.2. The Labute approximate surface area is 129 Å². The Balaban J connectivity index is 2.68. The van der Waals surface area contributed by atoms with Crippen LogP contribution < -0.4 is 5.32 Å². The van der Waals surface area contributed by atoms with Gasteiger partial charge in [0.05, 0.1) is 5.92 Å². The van der Waals surface area contributed by atoms with Crippen LogP contribution in [-0.4, -0.2) is 24.5 Å². The average Bonchev–Trinajstić information content (AvgIpc) is 2.48. The highest BCUT2D eigenvalue weighted by Gasteiger charge is 2.48. The summed E-state index contributed by atoms with van der Waals surface area (Å²) < 4.78 is 39.1. The minimum Gasteiger partial charge on any atom is -0.355 e. The van der Waals surface area contributed by atoms with E-state index in [0.29, 0.717) is 31.7 Å². The van der Waals surface area contributed by atoms with Crippen molar-refractivity contribution < 1.29 is 18.0 Å². The molecule has 1 amide bonds. The lowest BCUT2D eigenvalue weighted by molar-refractivity contribution is -0.198. The van der Waals surface area contributed by atoms with Gasteiger partial charge >= 0.3 is 6.18 Å². The van der Waals surface area contributed by atoms with Gasteiger partial charge in [-0.15, -0.1) is 11.6 Å². The summed E-state index contributed by atoms with van der Waals surface area (Å²) in [5, 5.41) is 2.72. The third-order valence-electron chi connectivity index (χ3n) is 4.94. The van der Waals surface area contributed by atoms with E-state index in [4.69, 9.17) is 11.6 Å². The molecule has 0 aromatic carbocycles. The van der Waals surface area contributed by atoms with E-state index in [1.54, 1.807) is 0 Å². The van der Waals surface area contributed by atoms with Crippen LogP contribution in [0.4, 0.5) is 13.2 Å². The van der Waals surface area contributed by atoms with Gasteiger partial charge in [0.1, 0.15) is 0 Å². The second-order valence-electron chi connectivity index (χ2n) is 6.10. The maximum Gasteiger partial charge on any atom is 0.392 e. The lowest BCUT2D eigenvalue weighted by atomic mass is 9.77. The molecule has 0 spiro atoms. The highest BCUT2D eigenvalue weighted by molar-refractivity contribution is 6.18. The predicted octanol–water partition coefficient (Wildman–Crippen LogP) is 4.52. The van der Waals surface area contributed by atoms with E-state index in [0.717, 1.165) is 12.8 Å². The first-order chi connectivity index (χ1) is 9.79. The number of hydrogen-bond acceptors (Lipinski definition) is 1. The molecule has 1 fully saturated rings. The van der Waals surface area contributed by atoms with Gasteiger partial charge in [-0.3, -0.25) is 4.79 Å². The quantitative estimate of drug-likeness (QED) is 0.714. The highest BCUT2D eigenvalue weighted by Crippen LogP contribution is 2.41. The van der Waals surface area contributed by atoms with Crippen molar-refractivity contribution in [2.75, 3.05) is 12.4 Å². The molecule has 1 aliphatic carbocycles. The number of nitrogens with one attached hydrogen (secondary N) is 1. The molecule has 0 aromatic heterocycles. The van der Waals surface area contributed by atoms with Crippen LogP contribution in [0, 0.1) is 17.3 Å². The molecule has 0 heterocycles. The first kappa shape index (κ1) is 18.6. The highest BCUT2D eigenvalue weighted by atomic mass is 35.5. The first-order valence-corrected chi connectivity index (χ1v) is 8.23. The van der Waals surface area contributed by atoms with Crippen molar-refractivity contribution in [2.24, 2.45) is 17.3 Å². The van der Waals surface area contributed by atoms with E-state index in [-0.39, 0.29) is 11.8 Å². The minimum absolute atomic E-state index is 0.0593. The maximum atomic E-state index is 13.0. The molecule has 0 aliphatic heterocycles. The van der Waals surface area contributed by atoms with E-state index < -0.39 is 23.9 Å². The minimum atomic E-state index is -4.29. The van der Waals surface area contributed by atoms with Crippen molar-refractivity contribution in [3.05, 3.63) is 0 Å². The van der Waals surface area contributed by atoms with Crippen molar-refractivity contribution in [3.63, 3.8) is 0 Å². The monoisotopic (exact) mass is 327 g/mol. The van der Waals surface area contributed by atoms with Gasteiger partial charge in [0.15, 0.2) is 0 Å². The van der Waals surface area contributed by atoms with Gasteiger partial charge < -0.3 is 5.32 Å². The molecule has 1 aliphatic rings. The molecule has 1 rings (SSSR count). The SMILES string of the molecule is CCC(CC)(CCl)CNC(=O)C1CCCCC1C(F)(F)F. The summed E-state index contributed by atoms with van der Waals surface area (Å²) in [6, 6.07) is 0. The fourth-order valence-electron chi connectivity index (χ4n) is 2.98. The van der Waals surface area contributed by atoms with Crippen molar-refractivity contribution in [3.8, 4) is 0 Å². The van der Waals surface area contributed by atoms with Crippen molar-refractivity contribution in [2.45, 2.75) is 58.5 Å². The number of hydrogen-bond donors (Lipinski definition) is 1. The van der Waals surface area contributed by atoms with Crippen LogP contribution in [0.3, 0.4) is 0 Å². The Morgan fingerprint density at radius 2 is 1.76 bits per heavy atom. The standard InChI is InChI=1S/C15H25ClF3NO/c1-3-14(4-2,9-16)10-20-13(21)11-7-5-6-8-12(11)15(17,18)19/h11-12H,3-10H2,1-2H3,(H,20,21). The van der Waals surface area contributed by atoms with Gasteiger partial charge in [0, 0.05) is 23.8 Å². The van der Waals surface area contributed by atoms with Crippen LogP contribution in [0.25, 0.3) is 0 Å². The third kappa shape index (κ3) is 4.76. The fourth-order valence-corrected chi connectivity index (χ4v) is 3.45. The van der Waals surface area contributed by atoms with E-state index in [2.05, 4.69) is 5.32 Å². The average molecular weight is 328 g/mol. The van der Waals surface area contributed by atoms with E-state index in [1.807, 2.05) is 13.8 Å². The topological polar surface area (TPSA) is 29.1 Å². The lowest BCUT2D eigenvalue weighted by Crippen LogP contribution is -2.46. The van der Waals surface area contributed by atoms with Crippen molar-refractivity contribution in [1.29, 1.82) is 0 Å². The van der Waals surface area contributed by atoms with Crippen LogP contribution >= 0.6 is 11.6 Å². The summed E-state index contributed by atoms with van der Waals surface area (Å²) in [5.74, 6) is -2.51. The van der Waals surface area contributed by atoms with E-state index in [1.165, 1.54) is 0 Å². The molecule has 1 saturated carbocycles. The summed E-state index contributed by atoms with van der Waals surface area (Å²) in [6.45, 7) is 4.32. The predicted molar refractivity (Wildman–Crippen MR) is 78.2 cm³/mol. The summed E-state index contributed by atoms with van der Waals surface area (Å²) in [7, 11) is 0. The molecular formula is C15H25ClF3NO. The molecule has 2 atom stereocenters. The Kier molecular flexibility index (Phi) is 6.82.